The lowest BCUT2D eigenvalue weighted by molar-refractivity contribution is -0.135. The molecule has 0 radical (unpaired) electrons. The van der Waals surface area contributed by atoms with Crippen LogP contribution < -0.4 is 23.7 Å². The van der Waals surface area contributed by atoms with Gasteiger partial charge in [0, 0.05) is 11.1 Å². The zero-order chi connectivity index (χ0) is 29.5. The van der Waals surface area contributed by atoms with E-state index >= 15 is 0 Å². The first kappa shape index (κ1) is 26.7. The number of esters is 1. The van der Waals surface area contributed by atoms with E-state index < -0.39 is 17.9 Å². The Labute approximate surface area is 239 Å². The third kappa shape index (κ3) is 4.52. The van der Waals surface area contributed by atoms with Gasteiger partial charge in [-0.3, -0.25) is 9.59 Å². The first-order valence-electron chi connectivity index (χ1n) is 12.9. The molecule has 10 heteroatoms. The third-order valence-corrected chi connectivity index (χ3v) is 7.15. The molecule has 3 heterocycles. The lowest BCUT2D eigenvalue weighted by Gasteiger charge is -2.24. The fourth-order valence-electron chi connectivity index (χ4n) is 5.16. The van der Waals surface area contributed by atoms with Gasteiger partial charge in [-0.25, -0.2) is 4.79 Å². The second-order valence-electron chi connectivity index (χ2n) is 9.57. The van der Waals surface area contributed by atoms with Gasteiger partial charge < -0.3 is 33.2 Å². The number of carbonyl (C=O) groups is 3. The summed E-state index contributed by atoms with van der Waals surface area (Å²) < 4.78 is 34.0. The van der Waals surface area contributed by atoms with Gasteiger partial charge in [-0.2, -0.15) is 0 Å². The fraction of sp³-hybridized carbons (Fsp3) is 0.156. The molecule has 0 aliphatic carbocycles. The Bertz CT molecular complexity index is 1750. The van der Waals surface area contributed by atoms with Crippen LogP contribution in [0.5, 0.6) is 28.7 Å². The van der Waals surface area contributed by atoms with E-state index in [1.54, 1.807) is 54.6 Å². The van der Waals surface area contributed by atoms with Crippen molar-refractivity contribution < 1.29 is 47.6 Å². The number of carboxylic acid groups (broad SMARTS) is 1. The van der Waals surface area contributed by atoms with Gasteiger partial charge in [0.25, 0.3) is 0 Å². The summed E-state index contributed by atoms with van der Waals surface area (Å²) in [7, 11) is 4.50. The molecular formula is C32H24O10. The van der Waals surface area contributed by atoms with E-state index in [2.05, 4.69) is 0 Å². The fourth-order valence-corrected chi connectivity index (χ4v) is 5.16. The molecule has 4 aromatic rings. The number of Topliss-reactive ketones (excluding diaryl/α,β-unsaturated/α-hetero) is 1. The SMILES string of the molecule is COc1cc(/C=C2\Oc3c(ccc4c3[C@@H](c3ccc(-c5ccc(C(=O)O)cc5)o3)CC(=O)O4)C2=O)cc(OC)c1OC. The van der Waals surface area contributed by atoms with E-state index in [1.165, 1.54) is 33.5 Å². The molecule has 1 aromatic heterocycles. The Morgan fingerprint density at radius 1 is 0.905 bits per heavy atom. The van der Waals surface area contributed by atoms with E-state index in [9.17, 15) is 19.5 Å². The molecule has 3 aromatic carbocycles. The summed E-state index contributed by atoms with van der Waals surface area (Å²) in [4.78, 5) is 37.2. The smallest absolute Gasteiger partial charge is 0.335 e. The first-order chi connectivity index (χ1) is 20.3. The normalized spacial score (nSPS) is 16.4. The van der Waals surface area contributed by atoms with Crippen molar-refractivity contribution in [2.24, 2.45) is 0 Å². The monoisotopic (exact) mass is 568 g/mol. The number of aromatic carboxylic acids is 1. The molecule has 1 atom stereocenters. The van der Waals surface area contributed by atoms with Gasteiger partial charge >= 0.3 is 11.9 Å². The molecule has 212 valence electrons. The topological polar surface area (TPSA) is 131 Å². The molecule has 0 spiro atoms. The quantitative estimate of drug-likeness (QED) is 0.168. The van der Waals surface area contributed by atoms with Crippen molar-refractivity contribution >= 4 is 23.8 Å². The highest BCUT2D eigenvalue weighted by Gasteiger charge is 2.39. The molecule has 0 saturated heterocycles. The van der Waals surface area contributed by atoms with E-state index in [0.717, 1.165) is 0 Å². The van der Waals surface area contributed by atoms with Gasteiger partial charge in [-0.05, 0) is 60.2 Å². The largest absolute Gasteiger partial charge is 0.493 e. The molecule has 0 unspecified atom stereocenters. The zero-order valence-corrected chi connectivity index (χ0v) is 22.8. The minimum atomic E-state index is -1.03. The van der Waals surface area contributed by atoms with Crippen molar-refractivity contribution in [1.29, 1.82) is 0 Å². The van der Waals surface area contributed by atoms with Crippen LogP contribution in [0.3, 0.4) is 0 Å². The average Bonchev–Trinajstić information content (AvgIpc) is 3.61. The number of furan rings is 1. The predicted octanol–water partition coefficient (Wildman–Crippen LogP) is 5.73. The van der Waals surface area contributed by atoms with Gasteiger partial charge in [-0.15, -0.1) is 0 Å². The number of allylic oxidation sites excluding steroid dienone is 1. The molecule has 0 saturated carbocycles. The van der Waals surface area contributed by atoms with Gasteiger partial charge in [0.05, 0.1) is 44.8 Å². The third-order valence-electron chi connectivity index (χ3n) is 7.15. The molecule has 6 rings (SSSR count). The van der Waals surface area contributed by atoms with E-state index in [-0.39, 0.29) is 35.0 Å². The molecule has 1 N–H and O–H groups in total. The van der Waals surface area contributed by atoms with Crippen molar-refractivity contribution in [3.63, 3.8) is 0 Å². The highest BCUT2D eigenvalue weighted by atomic mass is 16.5. The molecule has 42 heavy (non-hydrogen) atoms. The Hall–Kier alpha value is -5.51. The Kier molecular flexibility index (Phi) is 6.66. The van der Waals surface area contributed by atoms with E-state index in [1.807, 2.05) is 0 Å². The molecule has 2 aliphatic rings. The summed E-state index contributed by atoms with van der Waals surface area (Å²) in [6.45, 7) is 0. The minimum Gasteiger partial charge on any atom is -0.493 e. The molecule has 2 aliphatic heterocycles. The highest BCUT2D eigenvalue weighted by molar-refractivity contribution is 6.15. The van der Waals surface area contributed by atoms with Crippen molar-refractivity contribution in [1.82, 2.24) is 0 Å². The number of methoxy groups -OCH3 is 3. The summed E-state index contributed by atoms with van der Waals surface area (Å²) in [6.07, 6.45) is 1.55. The van der Waals surface area contributed by atoms with Crippen molar-refractivity contribution in [3.05, 3.63) is 94.4 Å². The summed E-state index contributed by atoms with van der Waals surface area (Å²) in [5.74, 6) is 0.455. The molecular weight excluding hydrogens is 544 g/mol. The molecule has 10 nitrogen and oxygen atoms in total. The van der Waals surface area contributed by atoms with E-state index in [4.69, 9.17) is 28.1 Å². The lowest BCUT2D eigenvalue weighted by atomic mass is 9.88. The number of carbonyl (C=O) groups excluding carboxylic acids is 2. The number of rotatable bonds is 7. The molecule has 0 fully saturated rings. The van der Waals surface area contributed by atoms with Crippen LogP contribution in [0, 0.1) is 0 Å². The number of ketones is 1. The van der Waals surface area contributed by atoms with Gasteiger partial charge in [0.15, 0.2) is 17.3 Å². The van der Waals surface area contributed by atoms with Crippen molar-refractivity contribution in [2.45, 2.75) is 12.3 Å². The van der Waals surface area contributed by atoms with E-state index in [0.29, 0.717) is 51.0 Å². The zero-order valence-electron chi connectivity index (χ0n) is 22.8. The van der Waals surface area contributed by atoms with Crippen molar-refractivity contribution in [2.75, 3.05) is 21.3 Å². The highest BCUT2D eigenvalue weighted by Crippen LogP contribution is 2.50. The summed E-state index contributed by atoms with van der Waals surface area (Å²) in [6, 6.07) is 16.3. The van der Waals surface area contributed by atoms with Crippen LogP contribution in [-0.4, -0.2) is 44.2 Å². The first-order valence-corrected chi connectivity index (χ1v) is 12.9. The van der Waals surface area contributed by atoms with Crippen LogP contribution in [-0.2, 0) is 4.79 Å². The summed E-state index contributed by atoms with van der Waals surface area (Å²) >= 11 is 0. The number of benzene rings is 3. The maximum absolute atomic E-state index is 13.4. The van der Waals surface area contributed by atoms with Crippen LogP contribution >= 0.6 is 0 Å². The van der Waals surface area contributed by atoms with Crippen LogP contribution in [0.2, 0.25) is 0 Å². The van der Waals surface area contributed by atoms with Crippen LogP contribution in [0.15, 0.2) is 70.8 Å². The Morgan fingerprint density at radius 2 is 1.62 bits per heavy atom. The number of ether oxygens (including phenoxy) is 5. The minimum absolute atomic E-state index is 0.0299. The average molecular weight is 569 g/mol. The number of hydrogen-bond donors (Lipinski definition) is 1. The maximum atomic E-state index is 13.4. The van der Waals surface area contributed by atoms with Crippen LogP contribution in [0.4, 0.5) is 0 Å². The summed E-state index contributed by atoms with van der Waals surface area (Å²) in [5, 5.41) is 9.18. The maximum Gasteiger partial charge on any atom is 0.335 e. The predicted molar refractivity (Wildman–Crippen MR) is 149 cm³/mol. The second-order valence-corrected chi connectivity index (χ2v) is 9.57. The molecule has 0 bridgehead atoms. The van der Waals surface area contributed by atoms with Crippen LogP contribution in [0.1, 0.15) is 49.9 Å². The number of fused-ring (bicyclic) bond motifs is 3. The van der Waals surface area contributed by atoms with Gasteiger partial charge in [0.2, 0.25) is 11.5 Å². The lowest BCUT2D eigenvalue weighted by Crippen LogP contribution is -2.21. The number of hydrogen-bond acceptors (Lipinski definition) is 9. The molecule has 0 amide bonds. The number of carboxylic acids is 1. The summed E-state index contributed by atoms with van der Waals surface area (Å²) in [5.41, 5.74) is 2.26. The van der Waals surface area contributed by atoms with Crippen molar-refractivity contribution in [3.8, 4) is 40.1 Å². The standard InChI is InChI=1S/C32H24O10/c1-37-25-13-16(14-26(38-2)31(25)39-3)12-24-29(34)19-8-9-23-28(30(19)42-24)20(15-27(33)41-23)22-11-10-21(40-22)17-4-6-18(7-5-17)32(35)36/h4-14,20H,15H2,1-3H3,(H,35,36)/b24-12-/t20-/m1/s1. The van der Waals surface area contributed by atoms with Crippen LogP contribution in [0.25, 0.3) is 17.4 Å². The van der Waals surface area contributed by atoms with Gasteiger partial charge in [-0.1, -0.05) is 12.1 Å². The van der Waals surface area contributed by atoms with Gasteiger partial charge in [0.1, 0.15) is 23.0 Å². The second kappa shape index (κ2) is 10.5. The Balaban J connectivity index is 1.38. The Morgan fingerprint density at radius 3 is 2.26 bits per heavy atom.